The molecule has 4 rings (SSSR count). The molecule has 0 radical (unpaired) electrons. The van der Waals surface area contributed by atoms with Crippen LogP contribution in [0.3, 0.4) is 0 Å². The van der Waals surface area contributed by atoms with Gasteiger partial charge in [0.1, 0.15) is 6.61 Å². The zero-order valence-corrected chi connectivity index (χ0v) is 17.8. The molecule has 0 aromatic heterocycles. The molecule has 2 N–H and O–H groups in total. The van der Waals surface area contributed by atoms with E-state index in [1.807, 2.05) is 31.3 Å². The fourth-order valence-electron chi connectivity index (χ4n) is 4.17. The first kappa shape index (κ1) is 20.9. The van der Waals surface area contributed by atoms with Crippen LogP contribution in [0.1, 0.15) is 34.6 Å². The van der Waals surface area contributed by atoms with E-state index in [-0.39, 0.29) is 12.0 Å². The van der Waals surface area contributed by atoms with Crippen LogP contribution < -0.4 is 10.6 Å². The first-order chi connectivity index (χ1) is 15.3. The molecule has 1 aliphatic carbocycles. The highest BCUT2D eigenvalue weighted by atomic mass is 16.5. The Balaban J connectivity index is 1.27. The summed E-state index contributed by atoms with van der Waals surface area (Å²) in [6, 6.07) is 25.0. The van der Waals surface area contributed by atoms with Gasteiger partial charge in [0.05, 0.1) is 0 Å². The van der Waals surface area contributed by atoms with Crippen molar-refractivity contribution in [1.82, 2.24) is 10.6 Å². The second-order valence-corrected chi connectivity index (χ2v) is 7.67. The van der Waals surface area contributed by atoms with Gasteiger partial charge in [-0.15, -0.1) is 0 Å². The predicted octanol–water partition coefficient (Wildman–Crippen LogP) is 5.35. The van der Waals surface area contributed by atoms with Crippen molar-refractivity contribution in [3.8, 4) is 11.1 Å². The topological polar surface area (TPSA) is 50.4 Å². The summed E-state index contributed by atoms with van der Waals surface area (Å²) in [4.78, 5) is 12.2. The second-order valence-electron chi connectivity index (χ2n) is 7.67. The van der Waals surface area contributed by atoms with Gasteiger partial charge in [-0.1, -0.05) is 84.9 Å². The molecule has 0 saturated carbocycles. The van der Waals surface area contributed by atoms with E-state index in [2.05, 4.69) is 71.3 Å². The summed E-state index contributed by atoms with van der Waals surface area (Å²) in [6.07, 6.45) is 4.56. The summed E-state index contributed by atoms with van der Waals surface area (Å²) in [5.41, 5.74) is 7.36. The van der Waals surface area contributed by atoms with E-state index in [1.165, 1.54) is 33.4 Å². The maximum absolute atomic E-state index is 12.2. The number of nitrogens with one attached hydrogen (secondary N) is 2. The Kier molecular flexibility index (Phi) is 6.80. The minimum absolute atomic E-state index is 0.0849. The van der Waals surface area contributed by atoms with E-state index >= 15 is 0 Å². The van der Waals surface area contributed by atoms with Crippen LogP contribution in [0.25, 0.3) is 17.2 Å². The minimum atomic E-state index is -0.370. The van der Waals surface area contributed by atoms with Gasteiger partial charge < -0.3 is 15.4 Å². The number of rotatable bonds is 8. The minimum Gasteiger partial charge on any atom is -0.449 e. The molecule has 31 heavy (non-hydrogen) atoms. The number of ether oxygens (including phenoxy) is 1. The van der Waals surface area contributed by atoms with E-state index in [0.717, 1.165) is 13.0 Å². The standard InChI is InChI=1S/C27H28N2O2/c1-28-18-21-12-3-2-10-20(21)11-8-9-17-29-27(30)31-19-26-24-15-6-4-13-22(24)23-14-5-7-16-25(23)26/h2-8,10-16,26,28H,9,17-19H2,1H3,(H,29,30). The Morgan fingerprint density at radius 3 is 2.29 bits per heavy atom. The highest BCUT2D eigenvalue weighted by Gasteiger charge is 2.28. The van der Waals surface area contributed by atoms with E-state index in [9.17, 15) is 4.79 Å². The summed E-state index contributed by atoms with van der Waals surface area (Å²) in [7, 11) is 1.94. The summed E-state index contributed by atoms with van der Waals surface area (Å²) >= 11 is 0. The molecule has 0 bridgehead atoms. The average molecular weight is 413 g/mol. The number of carbonyl (C=O) groups is 1. The van der Waals surface area contributed by atoms with Crippen molar-refractivity contribution in [3.05, 3.63) is 101 Å². The van der Waals surface area contributed by atoms with E-state index in [1.54, 1.807) is 0 Å². The average Bonchev–Trinajstić information content (AvgIpc) is 3.12. The van der Waals surface area contributed by atoms with Crippen molar-refractivity contribution < 1.29 is 9.53 Å². The highest BCUT2D eigenvalue weighted by Crippen LogP contribution is 2.44. The first-order valence-corrected chi connectivity index (χ1v) is 10.8. The number of fused-ring (bicyclic) bond motifs is 3. The van der Waals surface area contributed by atoms with Crippen LogP contribution in [0.5, 0.6) is 0 Å². The normalized spacial score (nSPS) is 12.5. The molecule has 1 amide bonds. The first-order valence-electron chi connectivity index (χ1n) is 10.8. The van der Waals surface area contributed by atoms with Crippen molar-refractivity contribution in [2.24, 2.45) is 0 Å². The van der Waals surface area contributed by atoms with Crippen LogP contribution >= 0.6 is 0 Å². The lowest BCUT2D eigenvalue weighted by Gasteiger charge is -2.14. The van der Waals surface area contributed by atoms with Gasteiger partial charge in [0.15, 0.2) is 0 Å². The third-order valence-electron chi connectivity index (χ3n) is 5.64. The molecule has 4 heteroatoms. The van der Waals surface area contributed by atoms with Crippen molar-refractivity contribution in [1.29, 1.82) is 0 Å². The van der Waals surface area contributed by atoms with Gasteiger partial charge in [-0.25, -0.2) is 4.79 Å². The smallest absolute Gasteiger partial charge is 0.407 e. The zero-order valence-electron chi connectivity index (χ0n) is 17.8. The van der Waals surface area contributed by atoms with Crippen molar-refractivity contribution in [3.63, 3.8) is 0 Å². The Morgan fingerprint density at radius 2 is 1.58 bits per heavy atom. The molecule has 0 atom stereocenters. The summed E-state index contributed by atoms with van der Waals surface area (Å²) in [5, 5.41) is 6.04. The van der Waals surface area contributed by atoms with E-state index < -0.39 is 0 Å². The molecule has 0 unspecified atom stereocenters. The molecule has 4 nitrogen and oxygen atoms in total. The third-order valence-corrected chi connectivity index (χ3v) is 5.64. The molecule has 158 valence electrons. The van der Waals surface area contributed by atoms with E-state index in [4.69, 9.17) is 4.74 Å². The molecule has 0 aliphatic heterocycles. The Morgan fingerprint density at radius 1 is 0.935 bits per heavy atom. The quantitative estimate of drug-likeness (QED) is 0.491. The Bertz CT molecular complexity index is 1030. The Labute approximate surface area is 184 Å². The molecule has 0 fully saturated rings. The van der Waals surface area contributed by atoms with Crippen LogP contribution in [0.15, 0.2) is 78.9 Å². The van der Waals surface area contributed by atoms with Crippen LogP contribution in [-0.4, -0.2) is 26.3 Å². The third kappa shape index (κ3) is 4.86. The lowest BCUT2D eigenvalue weighted by atomic mass is 9.98. The lowest BCUT2D eigenvalue weighted by molar-refractivity contribution is 0.143. The fourth-order valence-corrected chi connectivity index (χ4v) is 4.17. The number of amides is 1. The predicted molar refractivity (Wildman–Crippen MR) is 126 cm³/mol. The largest absolute Gasteiger partial charge is 0.449 e. The second kappa shape index (κ2) is 10.1. The van der Waals surface area contributed by atoms with Gasteiger partial charge >= 0.3 is 6.09 Å². The van der Waals surface area contributed by atoms with Gasteiger partial charge in [-0.2, -0.15) is 0 Å². The Hall–Kier alpha value is -3.37. The van der Waals surface area contributed by atoms with Crippen LogP contribution in [-0.2, 0) is 11.3 Å². The summed E-state index contributed by atoms with van der Waals surface area (Å²) < 4.78 is 5.57. The van der Waals surface area contributed by atoms with Gasteiger partial charge in [0.2, 0.25) is 0 Å². The number of hydrogen-bond acceptors (Lipinski definition) is 3. The van der Waals surface area contributed by atoms with Gasteiger partial charge in [0, 0.05) is 19.0 Å². The van der Waals surface area contributed by atoms with E-state index in [0.29, 0.717) is 13.2 Å². The SMILES string of the molecule is CNCc1ccccc1C=CCCNC(=O)OCC1c2ccccc2-c2ccccc21. The molecular formula is C27H28N2O2. The van der Waals surface area contributed by atoms with Gasteiger partial charge in [-0.05, 0) is 46.8 Å². The maximum atomic E-state index is 12.2. The van der Waals surface area contributed by atoms with Crippen LogP contribution in [0, 0.1) is 0 Å². The summed E-state index contributed by atoms with van der Waals surface area (Å²) in [6.45, 7) is 1.72. The van der Waals surface area contributed by atoms with Gasteiger partial charge in [-0.3, -0.25) is 0 Å². The monoisotopic (exact) mass is 412 g/mol. The molecule has 0 spiro atoms. The number of alkyl carbamates (subject to hydrolysis) is 1. The molecule has 3 aromatic carbocycles. The number of carbonyl (C=O) groups excluding carboxylic acids is 1. The molecule has 1 aliphatic rings. The van der Waals surface area contributed by atoms with Crippen LogP contribution in [0.4, 0.5) is 4.79 Å². The summed E-state index contributed by atoms with van der Waals surface area (Å²) in [5.74, 6) is 0.0849. The molecule has 3 aromatic rings. The number of benzene rings is 3. The molecular weight excluding hydrogens is 384 g/mol. The van der Waals surface area contributed by atoms with Crippen molar-refractivity contribution in [2.75, 3.05) is 20.2 Å². The van der Waals surface area contributed by atoms with Crippen LogP contribution in [0.2, 0.25) is 0 Å². The lowest BCUT2D eigenvalue weighted by Crippen LogP contribution is -2.26. The zero-order chi connectivity index (χ0) is 21.5. The molecule has 0 heterocycles. The maximum Gasteiger partial charge on any atom is 0.407 e. The van der Waals surface area contributed by atoms with Gasteiger partial charge in [0.25, 0.3) is 0 Å². The number of hydrogen-bond donors (Lipinski definition) is 2. The molecule has 0 saturated heterocycles. The highest BCUT2D eigenvalue weighted by molar-refractivity contribution is 5.79. The van der Waals surface area contributed by atoms with Crippen molar-refractivity contribution in [2.45, 2.75) is 18.9 Å². The van der Waals surface area contributed by atoms with Crippen molar-refractivity contribution >= 4 is 12.2 Å². The fraction of sp³-hybridized carbons (Fsp3) is 0.222.